The molecule has 1 fully saturated rings. The summed E-state index contributed by atoms with van der Waals surface area (Å²) >= 11 is -0.686. The molecule has 9 nitrogen and oxygen atoms in total. The molecular formula is C23H25F3N4O5S3. The fourth-order valence-electron chi connectivity index (χ4n) is 4.42. The van der Waals surface area contributed by atoms with Crippen molar-refractivity contribution in [2.75, 3.05) is 11.9 Å². The molecule has 0 radical (unpaired) electrons. The average molecular weight is 591 g/mol. The van der Waals surface area contributed by atoms with E-state index >= 15 is 0 Å². The van der Waals surface area contributed by atoms with E-state index in [1.54, 1.807) is 6.92 Å². The predicted molar refractivity (Wildman–Crippen MR) is 136 cm³/mol. The molecule has 0 aliphatic heterocycles. The van der Waals surface area contributed by atoms with Crippen LogP contribution in [0.2, 0.25) is 0 Å². The van der Waals surface area contributed by atoms with Crippen molar-refractivity contribution < 1.29 is 35.1 Å². The molecule has 0 aromatic carbocycles. The number of allylic oxidation sites excluding steroid dienone is 3. The van der Waals surface area contributed by atoms with Gasteiger partial charge in [0.05, 0.1) is 27.5 Å². The van der Waals surface area contributed by atoms with Gasteiger partial charge < -0.3 is 9.87 Å². The fourth-order valence-corrected chi connectivity index (χ4v) is 7.51. The van der Waals surface area contributed by atoms with Crippen molar-refractivity contribution in [3.8, 4) is 0 Å². The first-order valence-corrected chi connectivity index (χ1v) is 15.1. The van der Waals surface area contributed by atoms with Crippen LogP contribution < -0.4 is 10.5 Å². The van der Waals surface area contributed by atoms with Gasteiger partial charge in [0, 0.05) is 24.7 Å². The van der Waals surface area contributed by atoms with Crippen LogP contribution in [0.3, 0.4) is 0 Å². The van der Waals surface area contributed by atoms with Gasteiger partial charge in [0.2, 0.25) is 5.78 Å². The first-order valence-electron chi connectivity index (χ1n) is 11.6. The van der Waals surface area contributed by atoms with Gasteiger partial charge in [0.15, 0.2) is 4.90 Å². The Labute approximate surface area is 224 Å². The zero-order chi connectivity index (χ0) is 27.7. The minimum absolute atomic E-state index is 0.0304. The second kappa shape index (κ2) is 11.4. The maximum Gasteiger partial charge on any atom is 0.416 e. The van der Waals surface area contributed by atoms with Crippen LogP contribution in [0.1, 0.15) is 45.8 Å². The molecule has 206 valence electrons. The fraction of sp³-hybridized carbons (Fsp3) is 0.435. The second-order valence-electron chi connectivity index (χ2n) is 9.04. The van der Waals surface area contributed by atoms with Crippen molar-refractivity contribution in [1.82, 2.24) is 9.97 Å². The van der Waals surface area contributed by atoms with Crippen LogP contribution in [-0.4, -0.2) is 52.8 Å². The van der Waals surface area contributed by atoms with Crippen molar-refractivity contribution in [3.05, 3.63) is 57.7 Å². The highest BCUT2D eigenvalue weighted by Crippen LogP contribution is 2.36. The Balaban J connectivity index is 1.48. The van der Waals surface area contributed by atoms with E-state index in [9.17, 15) is 30.9 Å². The van der Waals surface area contributed by atoms with Gasteiger partial charge in [-0.2, -0.15) is 21.6 Å². The highest BCUT2D eigenvalue weighted by molar-refractivity contribution is 7.92. The molecule has 0 bridgehead atoms. The number of halogens is 3. The number of hydrogen-bond acceptors (Lipinski definition) is 9. The van der Waals surface area contributed by atoms with E-state index in [4.69, 9.17) is 5.14 Å². The third-order valence-electron chi connectivity index (χ3n) is 6.25. The number of nitrogens with zero attached hydrogens (tertiary/aromatic N) is 2. The summed E-state index contributed by atoms with van der Waals surface area (Å²) in [6.45, 7) is 1.64. The zero-order valence-electron chi connectivity index (χ0n) is 20.1. The first-order chi connectivity index (χ1) is 17.8. The molecule has 15 heteroatoms. The van der Waals surface area contributed by atoms with E-state index in [0.717, 1.165) is 23.5 Å². The smallest absolute Gasteiger partial charge is 0.416 e. The number of nitrogens with two attached hydrogens (primary N) is 1. The molecule has 2 aromatic rings. The van der Waals surface area contributed by atoms with Crippen LogP contribution in [0, 0.1) is 12.8 Å². The Kier molecular flexibility index (Phi) is 8.64. The summed E-state index contributed by atoms with van der Waals surface area (Å²) in [5.74, 6) is -0.149. The zero-order valence-corrected chi connectivity index (χ0v) is 22.6. The van der Waals surface area contributed by atoms with Gasteiger partial charge in [-0.3, -0.25) is 8.98 Å². The Bertz CT molecular complexity index is 1360. The van der Waals surface area contributed by atoms with E-state index in [-0.39, 0.29) is 35.4 Å². The minimum Gasteiger partial charge on any atom is -0.611 e. The number of carbonyl (C=O) groups is 1. The topological polar surface area (TPSA) is 147 Å². The SMILES string of the molecule is Cc1sc(C(=O)c2cncnc2N[C@H]2CC[C@@H](COS(N)(=O)=O)C2)cc1[S+]([O-])C1C=C(C(F)(F)F)C=CC1. The summed E-state index contributed by atoms with van der Waals surface area (Å²) in [7, 11) is -4.02. The van der Waals surface area contributed by atoms with Crippen molar-refractivity contribution in [2.45, 2.75) is 55.0 Å². The molecule has 1 saturated carbocycles. The summed E-state index contributed by atoms with van der Waals surface area (Å²) in [6.07, 6.45) is 3.59. The number of nitrogens with one attached hydrogen (secondary N) is 1. The lowest BCUT2D eigenvalue weighted by molar-refractivity contribution is -0.0885. The van der Waals surface area contributed by atoms with Gasteiger partial charge in [-0.1, -0.05) is 12.2 Å². The van der Waals surface area contributed by atoms with Gasteiger partial charge in [-0.15, -0.1) is 11.3 Å². The van der Waals surface area contributed by atoms with E-state index in [0.29, 0.717) is 34.9 Å². The lowest BCUT2D eigenvalue weighted by atomic mass is 10.1. The minimum atomic E-state index is -4.53. The van der Waals surface area contributed by atoms with E-state index < -0.39 is 44.3 Å². The molecule has 2 aliphatic rings. The summed E-state index contributed by atoms with van der Waals surface area (Å²) in [6, 6.07) is 1.37. The number of thiophene rings is 1. The molecule has 0 spiro atoms. The third-order valence-corrected chi connectivity index (χ3v) is 9.63. The van der Waals surface area contributed by atoms with Crippen molar-refractivity contribution in [2.24, 2.45) is 11.1 Å². The summed E-state index contributed by atoms with van der Waals surface area (Å²) < 4.78 is 79.4. The van der Waals surface area contributed by atoms with Crippen LogP contribution >= 0.6 is 11.3 Å². The molecule has 0 amide bonds. The predicted octanol–water partition coefficient (Wildman–Crippen LogP) is 3.80. The van der Waals surface area contributed by atoms with Crippen LogP contribution in [0.25, 0.3) is 0 Å². The summed E-state index contributed by atoms with van der Waals surface area (Å²) in [4.78, 5) is 22.7. The van der Waals surface area contributed by atoms with Gasteiger partial charge in [0.1, 0.15) is 17.4 Å². The maximum atomic E-state index is 13.4. The average Bonchev–Trinajstić information content (AvgIpc) is 3.47. The molecule has 4 rings (SSSR count). The van der Waals surface area contributed by atoms with Crippen molar-refractivity contribution in [1.29, 1.82) is 0 Å². The lowest BCUT2D eigenvalue weighted by Gasteiger charge is -2.21. The molecule has 4 atom stereocenters. The van der Waals surface area contributed by atoms with Gasteiger partial charge in [-0.25, -0.2) is 15.1 Å². The number of alkyl halides is 3. The van der Waals surface area contributed by atoms with Gasteiger partial charge >= 0.3 is 16.5 Å². The molecule has 0 saturated heterocycles. The van der Waals surface area contributed by atoms with Crippen molar-refractivity contribution in [3.63, 3.8) is 0 Å². The maximum absolute atomic E-state index is 13.4. The number of carbonyl (C=O) groups excluding carboxylic acids is 1. The van der Waals surface area contributed by atoms with E-state index in [2.05, 4.69) is 19.5 Å². The largest absolute Gasteiger partial charge is 0.611 e. The lowest BCUT2D eigenvalue weighted by Crippen LogP contribution is -2.24. The molecule has 3 N–H and O–H groups in total. The second-order valence-corrected chi connectivity index (χ2v) is 13.2. The first kappa shape index (κ1) is 28.7. The van der Waals surface area contributed by atoms with Crippen LogP contribution in [0.5, 0.6) is 0 Å². The normalized spacial score (nSPS) is 22.8. The van der Waals surface area contributed by atoms with Gasteiger partial charge in [-0.05, 0) is 49.4 Å². The van der Waals surface area contributed by atoms with E-state index in [1.165, 1.54) is 24.7 Å². The quantitative estimate of drug-likeness (QED) is 0.331. The Morgan fingerprint density at radius 1 is 1.37 bits per heavy atom. The molecule has 38 heavy (non-hydrogen) atoms. The van der Waals surface area contributed by atoms with Crippen molar-refractivity contribution >= 4 is 44.4 Å². The number of anilines is 1. The standard InChI is InChI=1S/C23H25F3N4O5S3/c1-13-20(37(32)17-4-2-3-15(8-17)23(24,25)26)9-19(36-13)21(31)18-10-28-12-29-22(18)30-16-6-5-14(7-16)11-35-38(27,33)34/h2-3,8-10,12,14,16-17H,4-7,11H2,1H3,(H2,27,33,34)(H,28,29,30)/t14-,16+,17?,37?/m1/s1. The molecule has 2 unspecified atom stereocenters. The highest BCUT2D eigenvalue weighted by atomic mass is 32.2. The van der Waals surface area contributed by atoms with E-state index in [1.807, 2.05) is 0 Å². The highest BCUT2D eigenvalue weighted by Gasteiger charge is 2.37. The number of rotatable bonds is 9. The number of ketones is 1. The Morgan fingerprint density at radius 2 is 2.13 bits per heavy atom. The Hall–Kier alpha value is -2.30. The molecular weight excluding hydrogens is 565 g/mol. The van der Waals surface area contributed by atoms with Crippen LogP contribution in [-0.2, 0) is 25.7 Å². The molecule has 2 aromatic heterocycles. The molecule has 2 aliphatic carbocycles. The van der Waals surface area contributed by atoms with Crippen LogP contribution in [0.15, 0.2) is 47.3 Å². The number of aromatic nitrogens is 2. The third kappa shape index (κ3) is 7.01. The summed E-state index contributed by atoms with van der Waals surface area (Å²) in [5.41, 5.74) is -0.649. The summed E-state index contributed by atoms with van der Waals surface area (Å²) in [5, 5.41) is 7.24. The monoisotopic (exact) mass is 590 g/mol. The molecule has 2 heterocycles. The van der Waals surface area contributed by atoms with Crippen LogP contribution in [0.4, 0.5) is 19.0 Å². The Morgan fingerprint density at radius 3 is 2.84 bits per heavy atom. The number of hydrogen-bond donors (Lipinski definition) is 2. The number of aryl methyl sites for hydroxylation is 1. The van der Waals surface area contributed by atoms with Gasteiger partial charge in [0.25, 0.3) is 0 Å².